The summed E-state index contributed by atoms with van der Waals surface area (Å²) >= 11 is 5.59. The van der Waals surface area contributed by atoms with E-state index in [-0.39, 0.29) is 29.3 Å². The van der Waals surface area contributed by atoms with Crippen LogP contribution in [0.25, 0.3) is 10.9 Å². The number of carbonyl (C=O) groups is 1. The van der Waals surface area contributed by atoms with Gasteiger partial charge in [-0.2, -0.15) is 0 Å². The lowest BCUT2D eigenvalue weighted by molar-refractivity contribution is -0.116. The van der Waals surface area contributed by atoms with Gasteiger partial charge in [0.25, 0.3) is 5.56 Å². The van der Waals surface area contributed by atoms with E-state index in [0.29, 0.717) is 22.4 Å². The zero-order valence-corrected chi connectivity index (χ0v) is 13.2. The number of amides is 1. The number of benzene rings is 2. The highest BCUT2D eigenvalue weighted by Crippen LogP contribution is 2.18. The highest BCUT2D eigenvalue weighted by atomic mass is 35.5. The molecule has 1 heterocycles. The monoisotopic (exact) mass is 345 g/mol. The molecule has 0 aliphatic carbocycles. The van der Waals surface area contributed by atoms with Gasteiger partial charge >= 0.3 is 0 Å². The lowest BCUT2D eigenvalue weighted by atomic mass is 10.2. The van der Waals surface area contributed by atoms with E-state index >= 15 is 0 Å². The van der Waals surface area contributed by atoms with Gasteiger partial charge in [-0.25, -0.2) is 9.37 Å². The second-order valence-corrected chi connectivity index (χ2v) is 5.61. The summed E-state index contributed by atoms with van der Waals surface area (Å²) in [5, 5.41) is 3.07. The van der Waals surface area contributed by atoms with Crippen molar-refractivity contribution in [2.45, 2.75) is 12.8 Å². The molecular weight excluding hydrogens is 333 g/mol. The topological polar surface area (TPSA) is 74.8 Å². The predicted octanol–water partition coefficient (Wildman–Crippen LogP) is 3.29. The Labute approximate surface area is 141 Å². The fraction of sp³-hybridized carbons (Fsp3) is 0.118. The summed E-state index contributed by atoms with van der Waals surface area (Å²) in [5.41, 5.74) is 0.661. The molecule has 1 aromatic heterocycles. The number of halogens is 2. The molecular formula is C17H13ClFN3O2. The highest BCUT2D eigenvalue weighted by molar-refractivity contribution is 6.30. The van der Waals surface area contributed by atoms with E-state index in [2.05, 4.69) is 15.3 Å². The van der Waals surface area contributed by atoms with Crippen molar-refractivity contribution in [3.8, 4) is 0 Å². The van der Waals surface area contributed by atoms with Crippen LogP contribution in [-0.4, -0.2) is 15.9 Å². The summed E-state index contributed by atoms with van der Waals surface area (Å²) < 4.78 is 13.3. The number of hydrogen-bond donors (Lipinski definition) is 2. The maximum absolute atomic E-state index is 13.3. The molecule has 0 fully saturated rings. The van der Waals surface area contributed by atoms with E-state index in [4.69, 9.17) is 11.6 Å². The molecule has 0 bridgehead atoms. The number of aromatic amines is 1. The molecule has 0 saturated carbocycles. The van der Waals surface area contributed by atoms with Crippen molar-refractivity contribution < 1.29 is 9.18 Å². The number of nitrogens with one attached hydrogen (secondary N) is 2. The first-order chi connectivity index (χ1) is 11.5. The zero-order valence-electron chi connectivity index (χ0n) is 12.5. The molecule has 5 nitrogen and oxygen atoms in total. The van der Waals surface area contributed by atoms with Gasteiger partial charge < -0.3 is 10.3 Å². The van der Waals surface area contributed by atoms with Crippen molar-refractivity contribution in [1.29, 1.82) is 0 Å². The number of anilines is 1. The van der Waals surface area contributed by atoms with Gasteiger partial charge in [-0.05, 0) is 30.3 Å². The zero-order chi connectivity index (χ0) is 17.1. The lowest BCUT2D eigenvalue weighted by Gasteiger charge is -2.06. The molecule has 0 aliphatic rings. The number of rotatable bonds is 4. The molecule has 7 heteroatoms. The van der Waals surface area contributed by atoms with Gasteiger partial charge in [0.1, 0.15) is 11.6 Å². The van der Waals surface area contributed by atoms with E-state index in [1.165, 1.54) is 12.1 Å². The van der Waals surface area contributed by atoms with Crippen LogP contribution < -0.4 is 10.9 Å². The summed E-state index contributed by atoms with van der Waals surface area (Å²) in [6.45, 7) is 0. The fourth-order valence-electron chi connectivity index (χ4n) is 2.28. The third-order valence-electron chi connectivity index (χ3n) is 3.45. The molecule has 0 saturated heterocycles. The molecule has 2 N–H and O–H groups in total. The summed E-state index contributed by atoms with van der Waals surface area (Å²) in [6, 6.07) is 11.0. The number of para-hydroxylation sites is 1. The summed E-state index contributed by atoms with van der Waals surface area (Å²) in [7, 11) is 0. The van der Waals surface area contributed by atoms with Crippen LogP contribution in [0.5, 0.6) is 0 Å². The maximum atomic E-state index is 13.3. The van der Waals surface area contributed by atoms with Crippen molar-refractivity contribution in [1.82, 2.24) is 9.97 Å². The molecule has 0 spiro atoms. The molecule has 0 radical (unpaired) electrons. The first-order valence-corrected chi connectivity index (χ1v) is 7.63. The first-order valence-electron chi connectivity index (χ1n) is 7.26. The Morgan fingerprint density at radius 3 is 2.83 bits per heavy atom. The highest BCUT2D eigenvalue weighted by Gasteiger charge is 2.08. The molecule has 0 unspecified atom stereocenters. The van der Waals surface area contributed by atoms with Gasteiger partial charge in [-0.3, -0.25) is 9.59 Å². The average Bonchev–Trinajstić information content (AvgIpc) is 2.56. The normalized spacial score (nSPS) is 10.8. The number of H-pyrrole nitrogens is 1. The Kier molecular flexibility index (Phi) is 4.57. The number of nitrogens with zero attached hydrogens (tertiary/aromatic N) is 1. The van der Waals surface area contributed by atoms with Crippen LogP contribution in [-0.2, 0) is 11.2 Å². The van der Waals surface area contributed by atoms with Gasteiger partial charge in [0.15, 0.2) is 0 Å². The van der Waals surface area contributed by atoms with E-state index in [0.717, 1.165) is 6.07 Å². The Balaban J connectivity index is 1.68. The SMILES string of the molecule is O=C(CCc1nc2ccccc2c(=O)[nH]1)Nc1ccc(Cl)c(F)c1. The molecule has 0 atom stereocenters. The maximum Gasteiger partial charge on any atom is 0.258 e. The van der Waals surface area contributed by atoms with Crippen LogP contribution >= 0.6 is 11.6 Å². The first kappa shape index (κ1) is 16.1. The molecule has 122 valence electrons. The standard InChI is InChI=1S/C17H13ClFN3O2/c18-12-6-5-10(9-13(12)19)20-16(23)8-7-15-21-14-4-2-1-3-11(14)17(24)22-15/h1-6,9H,7-8H2,(H,20,23)(H,21,22,24). The van der Waals surface area contributed by atoms with Crippen molar-refractivity contribution in [2.75, 3.05) is 5.32 Å². The Morgan fingerprint density at radius 1 is 1.25 bits per heavy atom. The number of aryl methyl sites for hydroxylation is 1. The quantitative estimate of drug-likeness (QED) is 0.762. The number of aromatic nitrogens is 2. The Hall–Kier alpha value is -2.73. The van der Waals surface area contributed by atoms with Crippen molar-refractivity contribution in [3.05, 3.63) is 69.5 Å². The van der Waals surface area contributed by atoms with E-state index in [1.54, 1.807) is 24.3 Å². The van der Waals surface area contributed by atoms with Crippen LogP contribution in [0.1, 0.15) is 12.2 Å². The second kappa shape index (κ2) is 6.80. The molecule has 1 amide bonds. The smallest absolute Gasteiger partial charge is 0.258 e. The van der Waals surface area contributed by atoms with Crippen molar-refractivity contribution in [3.63, 3.8) is 0 Å². The second-order valence-electron chi connectivity index (χ2n) is 5.21. The predicted molar refractivity (Wildman–Crippen MR) is 90.7 cm³/mol. The van der Waals surface area contributed by atoms with Gasteiger partial charge in [0, 0.05) is 18.5 Å². The van der Waals surface area contributed by atoms with Gasteiger partial charge in [0.05, 0.1) is 15.9 Å². The summed E-state index contributed by atoms with van der Waals surface area (Å²) in [5.74, 6) is -0.487. The van der Waals surface area contributed by atoms with E-state index < -0.39 is 5.82 Å². The Bertz CT molecular complexity index is 971. The third kappa shape index (κ3) is 3.60. The minimum atomic E-state index is -0.602. The Morgan fingerprint density at radius 2 is 2.04 bits per heavy atom. The summed E-state index contributed by atoms with van der Waals surface area (Å²) in [6.07, 6.45) is 0.369. The van der Waals surface area contributed by atoms with Crippen LogP contribution in [0.3, 0.4) is 0 Å². The largest absolute Gasteiger partial charge is 0.326 e. The number of carbonyl (C=O) groups excluding carboxylic acids is 1. The van der Waals surface area contributed by atoms with Gasteiger partial charge in [-0.1, -0.05) is 23.7 Å². The van der Waals surface area contributed by atoms with Crippen LogP contribution in [0.15, 0.2) is 47.3 Å². The fourth-order valence-corrected chi connectivity index (χ4v) is 2.40. The van der Waals surface area contributed by atoms with Crippen molar-refractivity contribution >= 4 is 34.1 Å². The molecule has 24 heavy (non-hydrogen) atoms. The number of fused-ring (bicyclic) bond motifs is 1. The third-order valence-corrected chi connectivity index (χ3v) is 3.76. The minimum Gasteiger partial charge on any atom is -0.326 e. The van der Waals surface area contributed by atoms with Crippen molar-refractivity contribution in [2.24, 2.45) is 0 Å². The molecule has 0 aliphatic heterocycles. The van der Waals surface area contributed by atoms with Crippen LogP contribution in [0.2, 0.25) is 5.02 Å². The van der Waals surface area contributed by atoms with Crippen LogP contribution in [0, 0.1) is 5.82 Å². The van der Waals surface area contributed by atoms with Gasteiger partial charge in [0.2, 0.25) is 5.91 Å². The average molecular weight is 346 g/mol. The van der Waals surface area contributed by atoms with E-state index in [1.807, 2.05) is 0 Å². The lowest BCUT2D eigenvalue weighted by Crippen LogP contribution is -2.16. The molecule has 3 aromatic rings. The summed E-state index contributed by atoms with van der Waals surface area (Å²) in [4.78, 5) is 30.9. The minimum absolute atomic E-state index is 0.00839. The van der Waals surface area contributed by atoms with E-state index in [9.17, 15) is 14.0 Å². The van der Waals surface area contributed by atoms with Crippen LogP contribution in [0.4, 0.5) is 10.1 Å². The molecule has 3 rings (SSSR count). The number of hydrogen-bond acceptors (Lipinski definition) is 3. The van der Waals surface area contributed by atoms with Gasteiger partial charge in [-0.15, -0.1) is 0 Å². The molecule has 2 aromatic carbocycles.